The quantitative estimate of drug-likeness (QED) is 0.799. The Labute approximate surface area is 148 Å². The molecule has 24 heavy (non-hydrogen) atoms. The van der Waals surface area contributed by atoms with Crippen LogP contribution in [0.1, 0.15) is 22.7 Å². The Kier molecular flexibility index (Phi) is 3.10. The van der Waals surface area contributed by atoms with Gasteiger partial charge < -0.3 is 10.6 Å². The summed E-state index contributed by atoms with van der Waals surface area (Å²) in [6.45, 7) is 0.857. The van der Waals surface area contributed by atoms with Crippen molar-refractivity contribution in [2.24, 2.45) is 0 Å². The van der Waals surface area contributed by atoms with Gasteiger partial charge in [-0.05, 0) is 23.3 Å². The minimum Gasteiger partial charge on any atom is -0.383 e. The topological polar surface area (TPSA) is 49.8 Å². The molecule has 118 valence electrons. The molecule has 2 atom stereocenters. The SMILES string of the molecule is Brc1ccccc1C1CNC2=C3C(=CNC31)C=Cc1ccnnc12. The fourth-order valence-corrected chi connectivity index (χ4v) is 4.41. The van der Waals surface area contributed by atoms with Crippen LogP contribution in [0.2, 0.25) is 0 Å². The summed E-state index contributed by atoms with van der Waals surface area (Å²) in [6.07, 6.45) is 8.15. The van der Waals surface area contributed by atoms with E-state index in [9.17, 15) is 0 Å². The number of allylic oxidation sites excluding steroid dienone is 1. The number of benzene rings is 1. The molecule has 4 nitrogen and oxygen atoms in total. The van der Waals surface area contributed by atoms with Crippen molar-refractivity contribution in [1.82, 2.24) is 20.8 Å². The summed E-state index contributed by atoms with van der Waals surface area (Å²) in [5.74, 6) is 0.347. The van der Waals surface area contributed by atoms with Crippen molar-refractivity contribution in [2.75, 3.05) is 6.54 Å². The molecule has 2 aromatic rings. The summed E-state index contributed by atoms with van der Waals surface area (Å²) < 4.78 is 1.15. The van der Waals surface area contributed by atoms with E-state index >= 15 is 0 Å². The van der Waals surface area contributed by atoms with Gasteiger partial charge in [-0.25, -0.2) is 0 Å². The molecule has 0 bridgehead atoms. The highest BCUT2D eigenvalue weighted by Crippen LogP contribution is 2.42. The van der Waals surface area contributed by atoms with Crippen LogP contribution in [0.25, 0.3) is 11.8 Å². The predicted octanol–water partition coefficient (Wildman–Crippen LogP) is 3.22. The lowest BCUT2D eigenvalue weighted by molar-refractivity contribution is 0.514. The number of halogens is 1. The molecule has 0 spiro atoms. The molecule has 0 fully saturated rings. The zero-order valence-electron chi connectivity index (χ0n) is 12.8. The standard InChI is InChI=1S/C19H15BrN4/c20-15-4-2-1-3-13(15)14-10-22-19-16-12(9-21-18(14)16)6-5-11-7-8-23-24-17(11)19/h1-9,14,18,21-22H,10H2. The molecule has 2 aliphatic heterocycles. The minimum atomic E-state index is 0.243. The molecular formula is C19H15BrN4. The van der Waals surface area contributed by atoms with E-state index in [4.69, 9.17) is 0 Å². The number of hydrogen-bond acceptors (Lipinski definition) is 4. The molecule has 2 N–H and O–H groups in total. The highest BCUT2D eigenvalue weighted by atomic mass is 79.9. The van der Waals surface area contributed by atoms with Crippen molar-refractivity contribution in [1.29, 1.82) is 0 Å². The van der Waals surface area contributed by atoms with Crippen molar-refractivity contribution in [3.8, 4) is 0 Å². The smallest absolute Gasteiger partial charge is 0.116 e. The molecule has 3 heterocycles. The van der Waals surface area contributed by atoms with Gasteiger partial charge in [0.05, 0.1) is 17.9 Å². The largest absolute Gasteiger partial charge is 0.383 e. The van der Waals surface area contributed by atoms with E-state index in [-0.39, 0.29) is 6.04 Å². The first-order chi connectivity index (χ1) is 11.8. The van der Waals surface area contributed by atoms with Gasteiger partial charge in [-0.3, -0.25) is 0 Å². The molecule has 0 saturated carbocycles. The highest BCUT2D eigenvalue weighted by molar-refractivity contribution is 9.10. The fraction of sp³-hybridized carbons (Fsp3) is 0.158. The van der Waals surface area contributed by atoms with Gasteiger partial charge >= 0.3 is 0 Å². The third-order valence-corrected chi connectivity index (χ3v) is 5.67. The first kappa shape index (κ1) is 14.0. The van der Waals surface area contributed by atoms with Gasteiger partial charge in [-0.1, -0.05) is 46.3 Å². The number of nitrogens with zero attached hydrogens (tertiary/aromatic N) is 2. The van der Waals surface area contributed by atoms with Gasteiger partial charge in [0.25, 0.3) is 0 Å². The number of nitrogens with one attached hydrogen (secondary N) is 2. The lowest BCUT2D eigenvalue weighted by Gasteiger charge is -2.34. The van der Waals surface area contributed by atoms with Crippen LogP contribution >= 0.6 is 15.9 Å². The molecule has 1 aliphatic carbocycles. The third-order valence-electron chi connectivity index (χ3n) is 4.95. The van der Waals surface area contributed by atoms with E-state index in [0.717, 1.165) is 28.0 Å². The Morgan fingerprint density at radius 3 is 2.96 bits per heavy atom. The maximum absolute atomic E-state index is 4.39. The zero-order chi connectivity index (χ0) is 16.1. The average Bonchev–Trinajstić information content (AvgIpc) is 2.97. The minimum absolute atomic E-state index is 0.243. The zero-order valence-corrected chi connectivity index (χ0v) is 14.4. The molecule has 1 aromatic heterocycles. The van der Waals surface area contributed by atoms with Gasteiger partial charge in [-0.15, -0.1) is 5.10 Å². The van der Waals surface area contributed by atoms with Gasteiger partial charge in [0.15, 0.2) is 0 Å². The van der Waals surface area contributed by atoms with E-state index in [1.807, 2.05) is 6.07 Å². The van der Waals surface area contributed by atoms with Gasteiger partial charge in [-0.2, -0.15) is 5.10 Å². The predicted molar refractivity (Wildman–Crippen MR) is 97.9 cm³/mol. The number of hydrogen-bond donors (Lipinski definition) is 2. The number of rotatable bonds is 1. The van der Waals surface area contributed by atoms with Crippen LogP contribution in [0.15, 0.2) is 64.4 Å². The number of fused-ring (bicyclic) bond motifs is 2. The summed E-state index contributed by atoms with van der Waals surface area (Å²) in [6, 6.07) is 10.7. The Morgan fingerprint density at radius 1 is 1.12 bits per heavy atom. The number of aromatic nitrogens is 2. The second-order valence-corrected chi connectivity index (χ2v) is 7.06. The molecule has 0 radical (unpaired) electrons. The van der Waals surface area contributed by atoms with Crippen LogP contribution in [0.5, 0.6) is 0 Å². The summed E-state index contributed by atoms with van der Waals surface area (Å²) in [4.78, 5) is 0. The molecule has 0 saturated heterocycles. The lowest BCUT2D eigenvalue weighted by atomic mass is 9.82. The third kappa shape index (κ3) is 1.97. The maximum Gasteiger partial charge on any atom is 0.116 e. The van der Waals surface area contributed by atoms with Crippen molar-refractivity contribution in [2.45, 2.75) is 12.0 Å². The molecule has 3 aliphatic rings. The van der Waals surface area contributed by atoms with Gasteiger partial charge in [0, 0.05) is 34.3 Å². The van der Waals surface area contributed by atoms with Crippen molar-refractivity contribution in [3.05, 3.63) is 81.2 Å². The van der Waals surface area contributed by atoms with Gasteiger partial charge in [0.2, 0.25) is 0 Å². The molecule has 2 unspecified atom stereocenters. The Morgan fingerprint density at radius 2 is 2.04 bits per heavy atom. The van der Waals surface area contributed by atoms with Gasteiger partial charge in [0.1, 0.15) is 5.69 Å². The van der Waals surface area contributed by atoms with Crippen molar-refractivity contribution < 1.29 is 0 Å². The second-order valence-electron chi connectivity index (χ2n) is 6.21. The molecular weight excluding hydrogens is 364 g/mol. The summed E-state index contributed by atoms with van der Waals surface area (Å²) in [5.41, 5.74) is 6.97. The average molecular weight is 379 g/mol. The van der Waals surface area contributed by atoms with Crippen molar-refractivity contribution in [3.63, 3.8) is 0 Å². The second kappa shape index (κ2) is 5.31. The lowest BCUT2D eigenvalue weighted by Crippen LogP contribution is -2.41. The highest BCUT2D eigenvalue weighted by Gasteiger charge is 2.39. The van der Waals surface area contributed by atoms with Crippen LogP contribution in [-0.2, 0) is 0 Å². The van der Waals surface area contributed by atoms with Crippen LogP contribution in [-0.4, -0.2) is 22.8 Å². The normalized spacial score (nSPS) is 23.6. The first-order valence-electron chi connectivity index (χ1n) is 8.02. The van der Waals surface area contributed by atoms with E-state index in [1.54, 1.807) is 6.20 Å². The van der Waals surface area contributed by atoms with Crippen LogP contribution in [0.3, 0.4) is 0 Å². The maximum atomic E-state index is 4.39. The van der Waals surface area contributed by atoms with E-state index in [1.165, 1.54) is 16.7 Å². The van der Waals surface area contributed by atoms with Crippen LogP contribution < -0.4 is 10.6 Å². The monoisotopic (exact) mass is 378 g/mol. The Hall–Kier alpha value is -2.40. The molecule has 1 aromatic carbocycles. The van der Waals surface area contributed by atoms with Crippen molar-refractivity contribution >= 4 is 27.7 Å². The van der Waals surface area contributed by atoms with E-state index in [2.05, 4.69) is 79.4 Å². The summed E-state index contributed by atoms with van der Waals surface area (Å²) in [7, 11) is 0. The first-order valence-corrected chi connectivity index (χ1v) is 8.81. The molecule has 5 heteroatoms. The van der Waals surface area contributed by atoms with Crippen LogP contribution in [0, 0.1) is 0 Å². The fourth-order valence-electron chi connectivity index (χ4n) is 3.83. The van der Waals surface area contributed by atoms with Crippen LogP contribution in [0.4, 0.5) is 0 Å². The summed E-state index contributed by atoms with van der Waals surface area (Å²) >= 11 is 3.71. The Balaban J connectivity index is 1.67. The Bertz CT molecular complexity index is 928. The molecule has 0 amide bonds. The molecule has 5 rings (SSSR count). The summed E-state index contributed by atoms with van der Waals surface area (Å²) in [5, 5.41) is 15.7. The van der Waals surface area contributed by atoms with E-state index in [0.29, 0.717) is 5.92 Å². The van der Waals surface area contributed by atoms with E-state index < -0.39 is 0 Å².